The molecule has 0 bridgehead atoms. The van der Waals surface area contributed by atoms with E-state index in [-0.39, 0.29) is 66.8 Å². The number of carbonyl (C=O) groups is 1. The first kappa shape index (κ1) is 43.9. The van der Waals surface area contributed by atoms with Gasteiger partial charge in [0.2, 0.25) is 11.8 Å². The number of carbonyl (C=O) groups excluding carboxylic acids is 1. The van der Waals surface area contributed by atoms with Crippen molar-refractivity contribution >= 4 is 46.2 Å². The van der Waals surface area contributed by atoms with Crippen LogP contribution in [0.1, 0.15) is 67.5 Å². The standard InChI is InChI=1S/C41H36ClF8N9O3S/c1-3-62-32-9-4-21(16-51-32)27-15-33(61)59(29-8-7-26(42)34-36(29)57(17-30(45)46)55-39(34)56-63-24-5-6-24)40(53-27)28(13-20-11-22(43)14-23(44)12-20)52-31(60)18-58-37-25(35(54-58)38(47)48)10-19(2)41(37,49)50/h4,7-9,11-12,14-16,19,24,28,30,38H,3,5-6,10,13,17-18H2,1-2H3,(H,52,60)(H,55,56)/t19-,28?/m0/s1. The van der Waals surface area contributed by atoms with Crippen LogP contribution in [-0.4, -0.2) is 58.3 Å². The van der Waals surface area contributed by atoms with E-state index in [9.17, 15) is 35.9 Å². The normalized spacial score (nSPS) is 16.2. The van der Waals surface area contributed by atoms with Crippen molar-refractivity contribution in [2.75, 3.05) is 11.3 Å². The van der Waals surface area contributed by atoms with Crippen molar-refractivity contribution in [3.8, 4) is 22.8 Å². The van der Waals surface area contributed by atoms with E-state index in [0.29, 0.717) is 17.4 Å². The van der Waals surface area contributed by atoms with E-state index in [2.05, 4.69) is 25.2 Å². The van der Waals surface area contributed by atoms with Crippen LogP contribution in [-0.2, 0) is 36.6 Å². The highest BCUT2D eigenvalue weighted by atomic mass is 35.5. The summed E-state index contributed by atoms with van der Waals surface area (Å²) in [6, 6.07) is 7.83. The number of amides is 1. The Kier molecular flexibility index (Phi) is 12.2. The second-order valence-electron chi connectivity index (χ2n) is 15.1. The van der Waals surface area contributed by atoms with Gasteiger partial charge >= 0.3 is 0 Å². The molecule has 0 saturated heterocycles. The van der Waals surface area contributed by atoms with E-state index in [1.807, 2.05) is 0 Å². The number of hydrogen-bond acceptors (Lipinski definition) is 9. The molecule has 1 fully saturated rings. The zero-order valence-electron chi connectivity index (χ0n) is 33.2. The summed E-state index contributed by atoms with van der Waals surface area (Å²) < 4.78 is 128. The highest BCUT2D eigenvalue weighted by Gasteiger charge is 2.51. The van der Waals surface area contributed by atoms with Crippen molar-refractivity contribution in [2.24, 2.45) is 5.92 Å². The first-order valence-electron chi connectivity index (χ1n) is 19.6. The monoisotopic (exact) mass is 921 g/mol. The van der Waals surface area contributed by atoms with E-state index < -0.39 is 91.2 Å². The van der Waals surface area contributed by atoms with Crippen LogP contribution in [0.3, 0.4) is 0 Å². The third kappa shape index (κ3) is 8.94. The Bertz CT molecular complexity index is 2740. The average molecular weight is 922 g/mol. The van der Waals surface area contributed by atoms with Gasteiger partial charge < -0.3 is 14.8 Å². The molecule has 12 nitrogen and oxygen atoms in total. The van der Waals surface area contributed by atoms with Gasteiger partial charge in [-0.05, 0) is 74.0 Å². The highest BCUT2D eigenvalue weighted by molar-refractivity contribution is 8.01. The minimum Gasteiger partial charge on any atom is -0.478 e. The van der Waals surface area contributed by atoms with Gasteiger partial charge in [-0.3, -0.25) is 23.5 Å². The smallest absolute Gasteiger partial charge is 0.292 e. The molecule has 0 aliphatic heterocycles. The summed E-state index contributed by atoms with van der Waals surface area (Å²) in [5.41, 5.74) is -2.97. The third-order valence-corrected chi connectivity index (χ3v) is 12.0. The zero-order valence-corrected chi connectivity index (χ0v) is 34.8. The van der Waals surface area contributed by atoms with E-state index in [0.717, 1.165) is 40.3 Å². The van der Waals surface area contributed by atoms with Crippen molar-refractivity contribution in [3.05, 3.63) is 110 Å². The van der Waals surface area contributed by atoms with Crippen molar-refractivity contribution < 1.29 is 44.7 Å². The van der Waals surface area contributed by atoms with Crippen molar-refractivity contribution in [2.45, 2.75) is 82.7 Å². The number of ether oxygens (including phenoxy) is 1. The summed E-state index contributed by atoms with van der Waals surface area (Å²) in [6.45, 7) is 1.24. The lowest BCUT2D eigenvalue weighted by Crippen LogP contribution is -2.38. The molecule has 2 aliphatic rings. The van der Waals surface area contributed by atoms with Gasteiger partial charge in [0.25, 0.3) is 24.3 Å². The number of nitrogens with one attached hydrogen (secondary N) is 2. The Morgan fingerprint density at radius 3 is 2.43 bits per heavy atom. The molecule has 1 unspecified atom stereocenters. The Balaban J connectivity index is 1.32. The number of anilines is 1. The molecule has 0 spiro atoms. The lowest BCUT2D eigenvalue weighted by molar-refractivity contribution is -0.123. The number of alkyl halides is 6. The zero-order chi connectivity index (χ0) is 44.9. The third-order valence-electron chi connectivity index (χ3n) is 10.5. The number of halogens is 9. The molecule has 22 heteroatoms. The van der Waals surface area contributed by atoms with Crippen molar-refractivity contribution in [1.82, 2.24) is 39.4 Å². The summed E-state index contributed by atoms with van der Waals surface area (Å²) in [7, 11) is 0. The SMILES string of the molecule is CCOc1ccc(-c2cc(=O)n(-c3ccc(Cl)c4c(NSC5CC5)nn(CC(F)F)c34)c(C(Cc3cc(F)cc(F)c3)NC(=O)Cn3nc(C(F)F)c4c3C(F)(F)[C@@H](C)C4)n2)cn1. The van der Waals surface area contributed by atoms with E-state index in [1.165, 1.54) is 49.3 Å². The maximum atomic E-state index is 15.5. The maximum Gasteiger partial charge on any atom is 0.292 e. The van der Waals surface area contributed by atoms with Gasteiger partial charge in [0, 0.05) is 53.1 Å². The van der Waals surface area contributed by atoms with Gasteiger partial charge in [0.05, 0.1) is 40.0 Å². The number of pyridine rings is 1. The number of rotatable bonds is 16. The quantitative estimate of drug-likeness (QED) is 0.0721. The van der Waals surface area contributed by atoms with E-state index in [1.54, 1.807) is 6.92 Å². The lowest BCUT2D eigenvalue weighted by atomic mass is 10.0. The fourth-order valence-electron chi connectivity index (χ4n) is 7.59. The molecule has 4 aromatic heterocycles. The summed E-state index contributed by atoms with van der Waals surface area (Å²) in [6.07, 6.45) is -3.94. The van der Waals surface area contributed by atoms with Gasteiger partial charge in [-0.25, -0.2) is 36.3 Å². The topological polar surface area (TPSA) is 134 Å². The Morgan fingerprint density at radius 2 is 1.78 bits per heavy atom. The fraction of sp³-hybridized carbons (Fsp3) is 0.366. The minimum absolute atomic E-state index is 0.0268. The molecule has 2 N–H and O–H groups in total. The van der Waals surface area contributed by atoms with Crippen LogP contribution < -0.4 is 20.3 Å². The molecule has 2 aliphatic carbocycles. The second-order valence-corrected chi connectivity index (χ2v) is 16.6. The molecular weight excluding hydrogens is 886 g/mol. The number of fused-ring (bicyclic) bond motifs is 2. The number of benzene rings is 2. The number of aromatic nitrogens is 7. The predicted octanol–water partition coefficient (Wildman–Crippen LogP) is 8.98. The summed E-state index contributed by atoms with van der Waals surface area (Å²) >= 11 is 8.03. The van der Waals surface area contributed by atoms with Gasteiger partial charge in [0.1, 0.15) is 41.9 Å². The lowest BCUT2D eigenvalue weighted by Gasteiger charge is -2.24. The molecular formula is C41H36ClF8N9O3S. The van der Waals surface area contributed by atoms with Crippen LogP contribution in [0.25, 0.3) is 27.8 Å². The predicted molar refractivity (Wildman–Crippen MR) is 218 cm³/mol. The van der Waals surface area contributed by atoms with Gasteiger partial charge in [0.15, 0.2) is 5.82 Å². The second kappa shape index (κ2) is 17.5. The fourth-order valence-corrected chi connectivity index (χ4v) is 8.62. The summed E-state index contributed by atoms with van der Waals surface area (Å²) in [5, 5.41) is 11.2. The molecule has 2 atom stereocenters. The van der Waals surface area contributed by atoms with Crippen LogP contribution in [0.15, 0.2) is 59.5 Å². The average Bonchev–Trinajstić information content (AvgIpc) is 3.80. The molecule has 4 heterocycles. The molecule has 1 amide bonds. The maximum absolute atomic E-state index is 15.5. The van der Waals surface area contributed by atoms with Gasteiger partial charge in [-0.1, -0.05) is 18.5 Å². The first-order chi connectivity index (χ1) is 30.0. The van der Waals surface area contributed by atoms with Gasteiger partial charge in [-0.2, -0.15) is 19.0 Å². The summed E-state index contributed by atoms with van der Waals surface area (Å²) in [4.78, 5) is 37.8. The summed E-state index contributed by atoms with van der Waals surface area (Å²) in [5.74, 6) is -8.10. The van der Waals surface area contributed by atoms with Crippen LogP contribution >= 0.6 is 23.5 Å². The number of hydrogen-bond donors (Lipinski definition) is 2. The Morgan fingerprint density at radius 1 is 1.03 bits per heavy atom. The van der Waals surface area contributed by atoms with Crippen LogP contribution in [0.2, 0.25) is 5.02 Å². The number of nitrogens with zero attached hydrogens (tertiary/aromatic N) is 7. The molecule has 6 aromatic rings. The van der Waals surface area contributed by atoms with Crippen LogP contribution in [0.5, 0.6) is 5.88 Å². The van der Waals surface area contributed by atoms with Crippen LogP contribution in [0.4, 0.5) is 40.9 Å². The molecule has 8 rings (SSSR count). The molecule has 0 radical (unpaired) electrons. The van der Waals surface area contributed by atoms with Gasteiger partial charge in [-0.15, -0.1) is 0 Å². The Hall–Kier alpha value is -5.70. The van der Waals surface area contributed by atoms with Crippen molar-refractivity contribution in [1.29, 1.82) is 0 Å². The minimum atomic E-state index is -3.64. The van der Waals surface area contributed by atoms with Crippen molar-refractivity contribution in [3.63, 3.8) is 0 Å². The molecule has 1 saturated carbocycles. The largest absolute Gasteiger partial charge is 0.478 e. The van der Waals surface area contributed by atoms with E-state index >= 15 is 8.78 Å². The Labute approximate surface area is 362 Å². The van der Waals surface area contributed by atoms with E-state index in [4.69, 9.17) is 21.3 Å². The first-order valence-corrected chi connectivity index (χ1v) is 20.9. The molecule has 332 valence electrons. The molecule has 2 aromatic carbocycles. The molecule has 63 heavy (non-hydrogen) atoms. The highest BCUT2D eigenvalue weighted by Crippen LogP contribution is 2.48. The van der Waals surface area contributed by atoms with Crippen LogP contribution in [0, 0.1) is 17.6 Å².